The van der Waals surface area contributed by atoms with Gasteiger partial charge in [0.2, 0.25) is 17.7 Å². The first kappa shape index (κ1) is 10.3. The maximum Gasteiger partial charge on any atom is 0.451 e. The Morgan fingerprint density at radius 2 is 1.69 bits per heavy atom. The van der Waals surface area contributed by atoms with E-state index in [0.29, 0.717) is 0 Å². The summed E-state index contributed by atoms with van der Waals surface area (Å²) in [5.74, 6) is -2.17. The van der Waals surface area contributed by atoms with Crippen LogP contribution >= 0.6 is 0 Å². The van der Waals surface area contributed by atoms with Crippen molar-refractivity contribution in [3.63, 3.8) is 0 Å². The third kappa shape index (κ3) is 1.89. The van der Waals surface area contributed by atoms with E-state index in [4.69, 9.17) is 5.73 Å². The minimum Gasteiger partial charge on any atom is -0.368 e. The van der Waals surface area contributed by atoms with E-state index in [2.05, 4.69) is 25.1 Å². The molecule has 0 aliphatic carbocycles. The van der Waals surface area contributed by atoms with Crippen molar-refractivity contribution in [3.05, 3.63) is 18.5 Å². The first-order valence-electron chi connectivity index (χ1n) is 3.90. The Balaban J connectivity index is 2.53. The smallest absolute Gasteiger partial charge is 0.368 e. The van der Waals surface area contributed by atoms with Crippen molar-refractivity contribution in [3.8, 4) is 5.95 Å². The lowest BCUT2D eigenvalue weighted by Crippen LogP contribution is -2.16. The molecule has 2 aromatic rings. The van der Waals surface area contributed by atoms with Gasteiger partial charge in [-0.2, -0.15) is 28.1 Å². The summed E-state index contributed by atoms with van der Waals surface area (Å²) in [4.78, 5) is 9.72. The van der Waals surface area contributed by atoms with Crippen LogP contribution in [0.25, 0.3) is 5.95 Å². The molecule has 16 heavy (non-hydrogen) atoms. The number of hydrogen-bond donors (Lipinski definition) is 1. The van der Waals surface area contributed by atoms with Crippen LogP contribution in [0, 0.1) is 0 Å². The Morgan fingerprint density at radius 1 is 1.06 bits per heavy atom. The highest BCUT2D eigenvalue weighted by Gasteiger charge is 2.35. The number of aromatic nitrogens is 6. The maximum atomic E-state index is 12.3. The SMILES string of the molecule is Nc1nc(-n2cnnc2)nc(C(F)(F)F)n1. The number of rotatable bonds is 1. The molecule has 7 nitrogen and oxygen atoms in total. The van der Waals surface area contributed by atoms with Gasteiger partial charge in [-0.3, -0.25) is 4.57 Å². The van der Waals surface area contributed by atoms with Gasteiger partial charge in [0, 0.05) is 0 Å². The highest BCUT2D eigenvalue weighted by Crippen LogP contribution is 2.26. The van der Waals surface area contributed by atoms with Crippen molar-refractivity contribution < 1.29 is 13.2 Å². The summed E-state index contributed by atoms with van der Waals surface area (Å²) in [5.41, 5.74) is 5.15. The van der Waals surface area contributed by atoms with Crippen LogP contribution in [0.5, 0.6) is 0 Å². The fraction of sp³-hybridized carbons (Fsp3) is 0.167. The summed E-state index contributed by atoms with van der Waals surface area (Å²) in [6.45, 7) is 0. The average molecular weight is 231 g/mol. The molecule has 84 valence electrons. The van der Waals surface area contributed by atoms with Crippen LogP contribution in [0.2, 0.25) is 0 Å². The highest BCUT2D eigenvalue weighted by atomic mass is 19.4. The van der Waals surface area contributed by atoms with E-state index in [-0.39, 0.29) is 5.95 Å². The minimum atomic E-state index is -4.68. The number of halogens is 3. The molecule has 0 atom stereocenters. The molecule has 0 spiro atoms. The Morgan fingerprint density at radius 3 is 2.25 bits per heavy atom. The summed E-state index contributed by atoms with van der Waals surface area (Å²) in [6, 6.07) is 0. The molecule has 0 fully saturated rings. The fourth-order valence-corrected chi connectivity index (χ4v) is 0.927. The normalized spacial score (nSPS) is 11.7. The van der Waals surface area contributed by atoms with Gasteiger partial charge in [0.25, 0.3) is 0 Å². The first-order valence-corrected chi connectivity index (χ1v) is 3.90. The number of nitrogen functional groups attached to an aromatic ring is 1. The summed E-state index contributed by atoms with van der Waals surface area (Å²) in [7, 11) is 0. The van der Waals surface area contributed by atoms with Crippen LogP contribution in [0.1, 0.15) is 5.82 Å². The van der Waals surface area contributed by atoms with E-state index in [9.17, 15) is 13.2 Å². The van der Waals surface area contributed by atoms with Crippen molar-refractivity contribution in [1.82, 2.24) is 29.7 Å². The molecule has 0 saturated carbocycles. The van der Waals surface area contributed by atoms with Gasteiger partial charge in [-0.05, 0) is 0 Å². The zero-order valence-electron chi connectivity index (χ0n) is 7.55. The molecule has 2 aromatic heterocycles. The molecule has 0 saturated heterocycles. The molecular weight excluding hydrogens is 227 g/mol. The molecule has 0 amide bonds. The van der Waals surface area contributed by atoms with Gasteiger partial charge < -0.3 is 5.73 Å². The van der Waals surface area contributed by atoms with Gasteiger partial charge in [-0.1, -0.05) is 0 Å². The van der Waals surface area contributed by atoms with E-state index in [1.165, 1.54) is 0 Å². The third-order valence-electron chi connectivity index (χ3n) is 1.54. The quantitative estimate of drug-likeness (QED) is 0.745. The summed E-state index contributed by atoms with van der Waals surface area (Å²) in [5, 5.41) is 6.82. The average Bonchev–Trinajstić information content (AvgIpc) is 2.68. The largest absolute Gasteiger partial charge is 0.451 e. The second kappa shape index (κ2) is 3.40. The van der Waals surface area contributed by atoms with Gasteiger partial charge in [-0.15, -0.1) is 10.2 Å². The minimum absolute atomic E-state index is 0.287. The molecule has 0 aliphatic heterocycles. The lowest BCUT2D eigenvalue weighted by atomic mass is 10.6. The number of nitrogens with two attached hydrogens (primary N) is 1. The van der Waals surface area contributed by atoms with Crippen LogP contribution in [-0.2, 0) is 6.18 Å². The van der Waals surface area contributed by atoms with E-state index in [1.54, 1.807) is 0 Å². The van der Waals surface area contributed by atoms with Gasteiger partial charge in [0.1, 0.15) is 12.7 Å². The van der Waals surface area contributed by atoms with E-state index >= 15 is 0 Å². The third-order valence-corrected chi connectivity index (χ3v) is 1.54. The Hall–Kier alpha value is -2.26. The number of hydrogen-bond acceptors (Lipinski definition) is 6. The zero-order valence-corrected chi connectivity index (χ0v) is 7.55. The van der Waals surface area contributed by atoms with Crippen LogP contribution in [0.4, 0.5) is 19.1 Å². The predicted molar refractivity (Wildman–Crippen MR) is 44.2 cm³/mol. The summed E-state index contributed by atoms with van der Waals surface area (Å²) >= 11 is 0. The zero-order chi connectivity index (χ0) is 11.8. The number of anilines is 1. The van der Waals surface area contributed by atoms with Crippen molar-refractivity contribution in [2.75, 3.05) is 5.73 Å². The topological polar surface area (TPSA) is 95.4 Å². The van der Waals surface area contributed by atoms with Gasteiger partial charge in [0.05, 0.1) is 0 Å². The van der Waals surface area contributed by atoms with Crippen LogP contribution < -0.4 is 5.73 Å². The lowest BCUT2D eigenvalue weighted by molar-refractivity contribution is -0.145. The number of nitrogens with zero attached hydrogens (tertiary/aromatic N) is 6. The van der Waals surface area contributed by atoms with Crippen LogP contribution in [0.15, 0.2) is 12.7 Å². The highest BCUT2D eigenvalue weighted by molar-refractivity contribution is 5.23. The van der Waals surface area contributed by atoms with Crippen molar-refractivity contribution >= 4 is 5.95 Å². The van der Waals surface area contributed by atoms with Gasteiger partial charge >= 0.3 is 6.18 Å². The van der Waals surface area contributed by atoms with E-state index < -0.39 is 17.9 Å². The second-order valence-corrected chi connectivity index (χ2v) is 2.68. The molecule has 0 aliphatic rings. The van der Waals surface area contributed by atoms with E-state index in [1.807, 2.05) is 0 Å². The molecule has 2 rings (SSSR count). The van der Waals surface area contributed by atoms with Crippen LogP contribution in [-0.4, -0.2) is 29.7 Å². The molecule has 10 heteroatoms. The molecule has 0 aromatic carbocycles. The van der Waals surface area contributed by atoms with Crippen molar-refractivity contribution in [1.29, 1.82) is 0 Å². The molecule has 0 bridgehead atoms. The number of alkyl halides is 3. The Bertz CT molecular complexity index is 491. The predicted octanol–water partition coefficient (Wildman–Crippen LogP) is 0.0533. The first-order chi connectivity index (χ1) is 7.47. The van der Waals surface area contributed by atoms with E-state index in [0.717, 1.165) is 17.2 Å². The van der Waals surface area contributed by atoms with Crippen molar-refractivity contribution in [2.24, 2.45) is 0 Å². The summed E-state index contributed by atoms with van der Waals surface area (Å²) in [6.07, 6.45) is -2.39. The Labute approximate surface area is 86.2 Å². The second-order valence-electron chi connectivity index (χ2n) is 2.68. The van der Waals surface area contributed by atoms with Gasteiger partial charge in [-0.25, -0.2) is 0 Å². The molecule has 2 N–H and O–H groups in total. The van der Waals surface area contributed by atoms with Gasteiger partial charge in [0.15, 0.2) is 0 Å². The van der Waals surface area contributed by atoms with Crippen LogP contribution in [0.3, 0.4) is 0 Å². The fourth-order valence-electron chi connectivity index (χ4n) is 0.927. The Kier molecular flexibility index (Phi) is 2.18. The monoisotopic (exact) mass is 231 g/mol. The maximum absolute atomic E-state index is 12.3. The van der Waals surface area contributed by atoms with Crippen molar-refractivity contribution in [2.45, 2.75) is 6.18 Å². The lowest BCUT2D eigenvalue weighted by Gasteiger charge is -2.06. The molecule has 0 radical (unpaired) electrons. The molecule has 0 unspecified atom stereocenters. The standard InChI is InChI=1S/C6H4F3N7/c7-6(8,9)3-13-4(10)15-5(14-3)16-1-11-12-2-16/h1-2H,(H2,10,13,14,15). The molecular formula is C6H4F3N7. The summed E-state index contributed by atoms with van der Waals surface area (Å²) < 4.78 is 38.1. The molecule has 2 heterocycles.